The largest absolute Gasteiger partial charge is 0.480 e. The fraction of sp³-hybridized carbons (Fsp3) is 0.357. The van der Waals surface area contributed by atoms with E-state index in [2.05, 4.69) is 10.1 Å². The number of ether oxygens (including phenoxy) is 1. The first-order chi connectivity index (χ1) is 9.95. The van der Waals surface area contributed by atoms with Gasteiger partial charge in [-0.2, -0.15) is 0 Å². The van der Waals surface area contributed by atoms with Crippen molar-refractivity contribution in [2.24, 2.45) is 5.73 Å². The van der Waals surface area contributed by atoms with Gasteiger partial charge in [0.25, 0.3) is 0 Å². The first-order valence-corrected chi connectivity index (χ1v) is 6.36. The van der Waals surface area contributed by atoms with E-state index in [1.807, 2.05) is 0 Å². The second-order valence-electron chi connectivity index (χ2n) is 4.40. The van der Waals surface area contributed by atoms with Gasteiger partial charge >= 0.3 is 11.9 Å². The van der Waals surface area contributed by atoms with Gasteiger partial charge in [0.05, 0.1) is 7.11 Å². The lowest BCUT2D eigenvalue weighted by Gasteiger charge is -2.17. The van der Waals surface area contributed by atoms with Crippen LogP contribution in [0.4, 0.5) is 0 Å². The number of esters is 1. The summed E-state index contributed by atoms with van der Waals surface area (Å²) in [5, 5.41) is 11.4. The Morgan fingerprint density at radius 3 is 2.43 bits per heavy atom. The van der Waals surface area contributed by atoms with E-state index in [0.717, 1.165) is 0 Å². The minimum Gasteiger partial charge on any atom is -0.480 e. The van der Waals surface area contributed by atoms with Crippen LogP contribution in [0.3, 0.4) is 0 Å². The minimum atomic E-state index is -1.23. The predicted octanol–water partition coefficient (Wildman–Crippen LogP) is 0.209. The van der Waals surface area contributed by atoms with E-state index in [9.17, 15) is 14.4 Å². The molecular formula is C14H18N2O5. The third kappa shape index (κ3) is 5.23. The molecule has 0 saturated heterocycles. The van der Waals surface area contributed by atoms with Crippen LogP contribution in [0.1, 0.15) is 24.4 Å². The molecule has 4 N–H and O–H groups in total. The van der Waals surface area contributed by atoms with E-state index in [4.69, 9.17) is 10.8 Å². The van der Waals surface area contributed by atoms with Gasteiger partial charge in [0.2, 0.25) is 5.91 Å². The molecule has 114 valence electrons. The Kier molecular flexibility index (Phi) is 6.35. The molecule has 0 aliphatic heterocycles. The summed E-state index contributed by atoms with van der Waals surface area (Å²) < 4.78 is 4.43. The molecule has 1 aromatic carbocycles. The van der Waals surface area contributed by atoms with Gasteiger partial charge in [0.15, 0.2) is 0 Å². The van der Waals surface area contributed by atoms with Gasteiger partial charge in [0.1, 0.15) is 12.1 Å². The molecule has 7 nitrogen and oxygen atoms in total. The number of nitrogens with two attached hydrogens (primary N) is 1. The summed E-state index contributed by atoms with van der Waals surface area (Å²) in [7, 11) is 1.21. The van der Waals surface area contributed by atoms with Gasteiger partial charge in [-0.15, -0.1) is 0 Å². The number of carboxylic acid groups (broad SMARTS) is 1. The number of aliphatic carboxylic acids is 1. The highest BCUT2D eigenvalue weighted by molar-refractivity contribution is 5.87. The second kappa shape index (κ2) is 8.01. The van der Waals surface area contributed by atoms with Crippen LogP contribution in [-0.2, 0) is 19.1 Å². The number of amides is 1. The lowest BCUT2D eigenvalue weighted by molar-refractivity contribution is -0.144. The summed E-state index contributed by atoms with van der Waals surface area (Å²) in [6.45, 7) is 0. The van der Waals surface area contributed by atoms with Crippen molar-refractivity contribution in [2.45, 2.75) is 24.9 Å². The zero-order valence-electron chi connectivity index (χ0n) is 11.6. The summed E-state index contributed by atoms with van der Waals surface area (Å²) >= 11 is 0. The van der Waals surface area contributed by atoms with Crippen molar-refractivity contribution < 1.29 is 24.2 Å². The van der Waals surface area contributed by atoms with E-state index in [-0.39, 0.29) is 12.8 Å². The average Bonchev–Trinajstić information content (AvgIpc) is 2.50. The maximum atomic E-state index is 12.0. The number of carboxylic acids is 1. The Bertz CT molecular complexity index is 503. The molecular weight excluding hydrogens is 276 g/mol. The number of nitrogens with one attached hydrogen (secondary N) is 1. The Morgan fingerprint density at radius 2 is 1.90 bits per heavy atom. The number of carbonyl (C=O) groups excluding carboxylic acids is 2. The van der Waals surface area contributed by atoms with Gasteiger partial charge in [-0.1, -0.05) is 30.3 Å². The monoisotopic (exact) mass is 294 g/mol. The maximum absolute atomic E-state index is 12.0. The third-order valence-electron chi connectivity index (χ3n) is 2.92. The van der Waals surface area contributed by atoms with E-state index < -0.39 is 29.9 Å². The Hall–Kier alpha value is -2.41. The predicted molar refractivity (Wildman–Crippen MR) is 74.2 cm³/mol. The zero-order valence-corrected chi connectivity index (χ0v) is 11.6. The third-order valence-corrected chi connectivity index (χ3v) is 2.92. The van der Waals surface area contributed by atoms with Crippen LogP contribution in [-0.4, -0.2) is 36.1 Å². The van der Waals surface area contributed by atoms with Gasteiger partial charge in [-0.3, -0.25) is 9.59 Å². The van der Waals surface area contributed by atoms with Gasteiger partial charge in [-0.05, 0) is 12.0 Å². The zero-order chi connectivity index (χ0) is 15.8. The summed E-state index contributed by atoms with van der Waals surface area (Å²) in [5.74, 6) is -2.38. The molecule has 0 aromatic heterocycles. The molecule has 0 heterocycles. The Labute approximate surface area is 122 Å². The molecule has 1 amide bonds. The lowest BCUT2D eigenvalue weighted by Crippen LogP contribution is -2.45. The number of methoxy groups -OCH3 is 1. The Morgan fingerprint density at radius 1 is 1.29 bits per heavy atom. The molecule has 7 heteroatoms. The molecule has 0 saturated carbocycles. The van der Waals surface area contributed by atoms with Crippen LogP contribution in [0.5, 0.6) is 0 Å². The average molecular weight is 294 g/mol. The van der Waals surface area contributed by atoms with Crippen molar-refractivity contribution in [3.8, 4) is 0 Å². The normalized spacial score (nSPS) is 13.0. The van der Waals surface area contributed by atoms with Crippen molar-refractivity contribution in [3.05, 3.63) is 35.9 Å². The van der Waals surface area contributed by atoms with Gasteiger partial charge < -0.3 is 20.9 Å². The topological polar surface area (TPSA) is 119 Å². The maximum Gasteiger partial charge on any atom is 0.326 e. The van der Waals surface area contributed by atoms with Crippen LogP contribution in [0.2, 0.25) is 0 Å². The van der Waals surface area contributed by atoms with E-state index >= 15 is 0 Å². The fourth-order valence-electron chi connectivity index (χ4n) is 1.69. The van der Waals surface area contributed by atoms with E-state index in [1.165, 1.54) is 7.11 Å². The molecule has 21 heavy (non-hydrogen) atoms. The number of hydrogen-bond donors (Lipinski definition) is 3. The van der Waals surface area contributed by atoms with Crippen molar-refractivity contribution in [3.63, 3.8) is 0 Å². The SMILES string of the molecule is COC(=O)CC[C@H](NC(=O)C(N)c1ccccc1)C(=O)O. The first-order valence-electron chi connectivity index (χ1n) is 6.36. The summed E-state index contributed by atoms with van der Waals surface area (Å²) in [4.78, 5) is 34.1. The molecule has 0 spiro atoms. The summed E-state index contributed by atoms with van der Waals surface area (Å²) in [5.41, 5.74) is 6.35. The van der Waals surface area contributed by atoms with E-state index in [0.29, 0.717) is 5.56 Å². The van der Waals surface area contributed by atoms with Crippen LogP contribution >= 0.6 is 0 Å². The van der Waals surface area contributed by atoms with Crippen LogP contribution in [0.15, 0.2) is 30.3 Å². The molecule has 1 unspecified atom stereocenters. The lowest BCUT2D eigenvalue weighted by atomic mass is 10.1. The highest BCUT2D eigenvalue weighted by Gasteiger charge is 2.24. The molecule has 0 aliphatic carbocycles. The molecule has 0 aliphatic rings. The minimum absolute atomic E-state index is 0.0603. The molecule has 1 aromatic rings. The smallest absolute Gasteiger partial charge is 0.326 e. The van der Waals surface area contributed by atoms with E-state index in [1.54, 1.807) is 30.3 Å². The molecule has 2 atom stereocenters. The fourth-order valence-corrected chi connectivity index (χ4v) is 1.69. The highest BCUT2D eigenvalue weighted by atomic mass is 16.5. The Balaban J connectivity index is 2.64. The van der Waals surface area contributed by atoms with Crippen molar-refractivity contribution in [1.82, 2.24) is 5.32 Å². The van der Waals surface area contributed by atoms with Crippen molar-refractivity contribution in [1.29, 1.82) is 0 Å². The number of carbonyl (C=O) groups is 3. The first kappa shape index (κ1) is 16.6. The standard InChI is InChI=1S/C14H18N2O5/c1-21-11(17)8-7-10(14(19)20)16-13(18)12(15)9-5-3-2-4-6-9/h2-6,10,12H,7-8,15H2,1H3,(H,16,18)(H,19,20)/t10-,12?/m0/s1. The molecule has 0 radical (unpaired) electrons. The van der Waals surface area contributed by atoms with Crippen LogP contribution in [0, 0.1) is 0 Å². The molecule has 0 fully saturated rings. The summed E-state index contributed by atoms with van der Waals surface area (Å²) in [6.07, 6.45) is -0.163. The van der Waals surface area contributed by atoms with Gasteiger partial charge in [-0.25, -0.2) is 4.79 Å². The molecule has 0 bridgehead atoms. The van der Waals surface area contributed by atoms with Crippen LogP contribution < -0.4 is 11.1 Å². The van der Waals surface area contributed by atoms with Crippen molar-refractivity contribution >= 4 is 17.8 Å². The van der Waals surface area contributed by atoms with Crippen molar-refractivity contribution in [2.75, 3.05) is 7.11 Å². The quantitative estimate of drug-likeness (QED) is 0.618. The number of rotatable bonds is 7. The van der Waals surface area contributed by atoms with Crippen LogP contribution in [0.25, 0.3) is 0 Å². The second-order valence-corrected chi connectivity index (χ2v) is 4.40. The summed E-state index contributed by atoms with van der Waals surface area (Å²) in [6, 6.07) is 6.44. The number of benzene rings is 1. The van der Waals surface area contributed by atoms with Gasteiger partial charge in [0, 0.05) is 6.42 Å². The molecule has 1 rings (SSSR count). The highest BCUT2D eigenvalue weighted by Crippen LogP contribution is 2.10. The number of hydrogen-bond acceptors (Lipinski definition) is 5.